The number of amides is 2. The van der Waals surface area contributed by atoms with Crippen molar-refractivity contribution in [2.24, 2.45) is 5.92 Å². The molecule has 0 bridgehead atoms. The first kappa shape index (κ1) is 62.8. The van der Waals surface area contributed by atoms with Gasteiger partial charge in [-0.1, -0.05) is 11.6 Å². The smallest absolute Gasteiger partial charge is 0.490 e. The Morgan fingerprint density at radius 3 is 1.72 bits per heavy atom. The number of hydrogen-bond donors (Lipinski definition) is 14. The predicted molar refractivity (Wildman–Crippen MR) is 233 cm³/mol. The van der Waals surface area contributed by atoms with Gasteiger partial charge in [-0.05, 0) is 44.7 Å². The van der Waals surface area contributed by atoms with Crippen molar-refractivity contribution in [3.63, 3.8) is 0 Å². The molecule has 0 aliphatic carbocycles. The molecule has 72 heavy (non-hydrogen) atoms. The molecule has 1 aliphatic rings. The van der Waals surface area contributed by atoms with Crippen molar-refractivity contribution in [2.75, 3.05) is 57.4 Å². The van der Waals surface area contributed by atoms with Crippen LogP contribution in [-0.2, 0) is 29.2 Å². The third-order valence-corrected chi connectivity index (χ3v) is 11.3. The highest BCUT2D eigenvalue weighted by Crippen LogP contribution is 2.25. The number of carbonyl (C=O) groups excluding carboxylic acids is 3. The monoisotopic (exact) mass is 1070 g/mol. The van der Waals surface area contributed by atoms with Gasteiger partial charge in [-0.3, -0.25) is 14.5 Å². The number of carboxylic acid groups (broad SMARTS) is 2. The number of aliphatic carboxylic acids is 2. The fraction of sp³-hybridized carbons (Fsp3) is 0.625. The summed E-state index contributed by atoms with van der Waals surface area (Å²) in [5.41, 5.74) is 13.4. The SMILES string of the molecule is CCn1c(CNC(=O)c2nc(Cl)c(N)nc2N)[n+](CC)c2ccc(C(=O)N3CCC(CN(C[C@H](O)[C@@H](O)[C@H](O)[C@H](O)CO)C[C@H](O)[C@@H](O)[C@H](O)[C@H](O)CO)CC3)cc21.O=C(O)C(F)(F)F.O=C([O-])C(F)(F)F. The van der Waals surface area contributed by atoms with E-state index in [-0.39, 0.29) is 60.5 Å². The van der Waals surface area contributed by atoms with Crippen LogP contribution < -0.4 is 26.5 Å². The third kappa shape index (κ3) is 17.4. The van der Waals surface area contributed by atoms with E-state index in [0.717, 1.165) is 16.9 Å². The molecular weight excluding hydrogens is 1010 g/mol. The number of aryl methyl sites for hydroxylation is 2. The second kappa shape index (κ2) is 27.7. The number of imidazole rings is 1. The van der Waals surface area contributed by atoms with Crippen LogP contribution in [0.1, 0.15) is 53.4 Å². The molecule has 3 aromatic rings. The summed E-state index contributed by atoms with van der Waals surface area (Å²) in [5.74, 6) is -6.20. The van der Waals surface area contributed by atoms with Crippen LogP contribution in [0.4, 0.5) is 38.0 Å². The van der Waals surface area contributed by atoms with Crippen LogP contribution in [0.5, 0.6) is 0 Å². The molecule has 32 heteroatoms. The van der Waals surface area contributed by atoms with Gasteiger partial charge in [0.25, 0.3) is 17.6 Å². The zero-order valence-electron chi connectivity index (χ0n) is 38.4. The number of hydrogen-bond acceptors (Lipinski definition) is 20. The van der Waals surface area contributed by atoms with Crippen molar-refractivity contribution in [2.45, 2.75) is 108 Å². The molecule has 2 aromatic heterocycles. The topological polar surface area (TPSA) is 419 Å². The van der Waals surface area contributed by atoms with Crippen LogP contribution in [0.25, 0.3) is 11.0 Å². The largest absolute Gasteiger partial charge is 0.542 e. The number of fused-ring (bicyclic) bond motifs is 1. The molecule has 4 rings (SSSR count). The molecule has 0 saturated carbocycles. The van der Waals surface area contributed by atoms with Gasteiger partial charge in [-0.2, -0.15) is 26.3 Å². The van der Waals surface area contributed by atoms with E-state index in [4.69, 9.17) is 53.1 Å². The zero-order chi connectivity index (χ0) is 55.2. The molecule has 0 spiro atoms. The van der Waals surface area contributed by atoms with Gasteiger partial charge in [0.1, 0.15) is 49.1 Å². The van der Waals surface area contributed by atoms with E-state index in [1.54, 1.807) is 17.0 Å². The van der Waals surface area contributed by atoms with Crippen LogP contribution in [0.3, 0.4) is 0 Å². The van der Waals surface area contributed by atoms with Gasteiger partial charge >= 0.3 is 18.3 Å². The number of aliphatic hydroxyl groups is 10. The summed E-state index contributed by atoms with van der Waals surface area (Å²) in [6.07, 6.45) is -23.8. The summed E-state index contributed by atoms with van der Waals surface area (Å²) >= 11 is 5.97. The highest BCUT2D eigenvalue weighted by Gasteiger charge is 2.39. The Bertz CT molecular complexity index is 2220. The minimum atomic E-state index is -5.19. The first-order valence-corrected chi connectivity index (χ1v) is 21.9. The second-order valence-corrected chi connectivity index (χ2v) is 16.4. The van der Waals surface area contributed by atoms with Gasteiger partial charge in [-0.25, -0.2) is 23.9 Å². The molecule has 1 aromatic carbocycles. The molecule has 1 aliphatic heterocycles. The second-order valence-electron chi connectivity index (χ2n) is 16.1. The van der Waals surface area contributed by atoms with Crippen LogP contribution in [-0.4, -0.2) is 211 Å². The Kier molecular flexibility index (Phi) is 24.1. The van der Waals surface area contributed by atoms with Gasteiger partial charge in [0.2, 0.25) is 0 Å². The number of halogens is 7. The summed E-state index contributed by atoms with van der Waals surface area (Å²) < 4.78 is 67.3. The number of nitrogens with two attached hydrogens (primary N) is 2. The van der Waals surface area contributed by atoms with E-state index in [2.05, 4.69) is 15.3 Å². The highest BCUT2D eigenvalue weighted by molar-refractivity contribution is 6.31. The molecule has 0 radical (unpaired) electrons. The van der Waals surface area contributed by atoms with Crippen molar-refractivity contribution in [3.8, 4) is 0 Å². The number of piperidine rings is 1. The van der Waals surface area contributed by atoms with E-state index in [0.29, 0.717) is 44.6 Å². The Hall–Kier alpha value is -5.32. The number of alkyl halides is 6. The van der Waals surface area contributed by atoms with Crippen molar-refractivity contribution < 1.29 is 111 Å². The van der Waals surface area contributed by atoms with Crippen molar-refractivity contribution in [3.05, 3.63) is 40.4 Å². The highest BCUT2D eigenvalue weighted by atomic mass is 35.5. The summed E-state index contributed by atoms with van der Waals surface area (Å²) in [6.45, 7) is 3.41. The lowest BCUT2D eigenvalue weighted by Crippen LogP contribution is -2.54. The number of aromatic nitrogens is 4. The normalized spacial score (nSPS) is 16.8. The van der Waals surface area contributed by atoms with Crippen LogP contribution in [0, 0.1) is 5.92 Å². The van der Waals surface area contributed by atoms with Gasteiger partial charge in [0.15, 0.2) is 33.5 Å². The van der Waals surface area contributed by atoms with Gasteiger partial charge in [0.05, 0.1) is 38.5 Å². The minimum Gasteiger partial charge on any atom is -0.542 e. The number of anilines is 2. The Labute approximate surface area is 409 Å². The van der Waals surface area contributed by atoms with Crippen LogP contribution in [0.2, 0.25) is 5.15 Å². The molecule has 25 nitrogen and oxygen atoms in total. The minimum absolute atomic E-state index is 0.0918. The maximum Gasteiger partial charge on any atom is 0.490 e. The quantitative estimate of drug-likeness (QED) is 0.0374. The summed E-state index contributed by atoms with van der Waals surface area (Å²) in [7, 11) is 0. The standard InChI is InChI=1S/C36H56ClN9O12.2C2HF3O2/c1-3-45-20-6-5-19(11-21(20)46(4-2)26(45)12-40-35(57)27-33(38)42-34(39)32(37)41-27)36(58)44-9-7-18(8-10-44)13-43(14-22(49)28(53)30(55)24(51)16-47)15-23(50)29(54)31(56)25(52)17-48;2*3-2(4,5)1(6)7/h5-6,11,18,22-25,28-31,47-56H,3-4,7-10,12-17H2,1-2H3,(H4-,38,39,40,42,57);2*(H,6,7)/t22-,23-,24+,25+,28+,29+,30+,31+;;/m0../s1. The maximum absolute atomic E-state index is 13.9. The first-order valence-electron chi connectivity index (χ1n) is 21.5. The lowest BCUT2D eigenvalue weighted by atomic mass is 9.94. The number of nitrogen functional groups attached to an aromatic ring is 2. The number of aliphatic hydroxyl groups excluding tert-OH is 10. The number of carbonyl (C=O) groups is 4. The summed E-state index contributed by atoms with van der Waals surface area (Å²) in [4.78, 5) is 55.6. The summed E-state index contributed by atoms with van der Waals surface area (Å²) in [5, 5.41) is 119. The molecule has 2 amide bonds. The molecule has 1 saturated heterocycles. The van der Waals surface area contributed by atoms with E-state index >= 15 is 0 Å². The maximum atomic E-state index is 13.9. The lowest BCUT2D eigenvalue weighted by Gasteiger charge is -2.38. The average molecular weight is 1070 g/mol. The van der Waals surface area contributed by atoms with Crippen LogP contribution >= 0.6 is 11.6 Å². The number of nitrogens with zero attached hydrogens (tertiary/aromatic N) is 6. The fourth-order valence-corrected chi connectivity index (χ4v) is 7.36. The van der Waals surface area contributed by atoms with Gasteiger partial charge in [-0.15, -0.1) is 0 Å². The number of likely N-dealkylation sites (tertiary alicyclic amines) is 1. The molecular formula is C40H58ClF6N9O16. The van der Waals surface area contributed by atoms with E-state index in [1.165, 1.54) is 4.90 Å². The number of nitrogens with one attached hydrogen (secondary N) is 1. The molecule has 0 unspecified atom stereocenters. The Morgan fingerprint density at radius 1 is 0.833 bits per heavy atom. The number of rotatable bonds is 20. The van der Waals surface area contributed by atoms with Gasteiger partial charge < -0.3 is 87.8 Å². The third-order valence-electron chi connectivity index (χ3n) is 11.0. The molecule has 3 heterocycles. The van der Waals surface area contributed by atoms with Gasteiger partial charge in [0, 0.05) is 44.4 Å². The number of benzene rings is 1. The fourth-order valence-electron chi connectivity index (χ4n) is 7.23. The molecule has 408 valence electrons. The van der Waals surface area contributed by atoms with Crippen molar-refractivity contribution in [1.29, 1.82) is 0 Å². The number of carboxylic acids is 2. The lowest BCUT2D eigenvalue weighted by molar-refractivity contribution is -0.676. The predicted octanol–water partition coefficient (Wildman–Crippen LogP) is -4.54. The first-order chi connectivity index (χ1) is 33.4. The van der Waals surface area contributed by atoms with Crippen molar-refractivity contribution >= 4 is 58.0 Å². The summed E-state index contributed by atoms with van der Waals surface area (Å²) in [6, 6.07) is 5.40. The zero-order valence-corrected chi connectivity index (χ0v) is 39.1. The van der Waals surface area contributed by atoms with E-state index in [1.807, 2.05) is 29.0 Å². The molecule has 16 N–H and O–H groups in total. The Morgan fingerprint density at radius 2 is 1.31 bits per heavy atom. The van der Waals surface area contributed by atoms with Crippen molar-refractivity contribution in [1.82, 2.24) is 29.7 Å². The van der Waals surface area contributed by atoms with E-state index < -0.39 is 92.2 Å². The average Bonchev–Trinajstić information content (AvgIpc) is 3.63. The van der Waals surface area contributed by atoms with Crippen LogP contribution in [0.15, 0.2) is 18.2 Å². The molecule has 1 fully saturated rings. The Balaban J connectivity index is 0.00000111. The van der Waals surface area contributed by atoms with E-state index in [9.17, 15) is 76.8 Å². The molecule has 8 atom stereocenters.